The molecule has 0 aliphatic carbocycles. The zero-order chi connectivity index (χ0) is 18.4. The number of carbonyl (C=O) groups is 1. The van der Waals surface area contributed by atoms with Crippen LogP contribution in [0.3, 0.4) is 0 Å². The summed E-state index contributed by atoms with van der Waals surface area (Å²) in [5.41, 5.74) is 1.99. The number of nitrogens with zero attached hydrogens (tertiary/aromatic N) is 1. The van der Waals surface area contributed by atoms with E-state index in [4.69, 9.17) is 19.5 Å². The van der Waals surface area contributed by atoms with Crippen molar-refractivity contribution in [2.45, 2.75) is 12.8 Å². The summed E-state index contributed by atoms with van der Waals surface area (Å²) in [5, 5.41) is 8.60. The van der Waals surface area contributed by atoms with Gasteiger partial charge in [-0.25, -0.2) is 0 Å². The second kappa shape index (κ2) is 8.21. The molecule has 0 atom stereocenters. The molecule has 1 aliphatic heterocycles. The number of fused-ring (bicyclic) bond motifs is 1. The predicted molar refractivity (Wildman–Crippen MR) is 97.6 cm³/mol. The Labute approximate surface area is 152 Å². The third-order valence-electron chi connectivity index (χ3n) is 4.03. The van der Waals surface area contributed by atoms with Gasteiger partial charge in [-0.15, -0.1) is 0 Å². The smallest absolute Gasteiger partial charge is 0.196 e. The molecule has 0 aromatic heterocycles. The number of ether oxygens (including phenoxy) is 3. The minimum absolute atomic E-state index is 0.0286. The minimum Gasteiger partial charge on any atom is -0.493 e. The maximum Gasteiger partial charge on any atom is 0.196 e. The molecule has 132 valence electrons. The summed E-state index contributed by atoms with van der Waals surface area (Å²) >= 11 is 0. The van der Waals surface area contributed by atoms with E-state index in [1.54, 1.807) is 31.4 Å². The van der Waals surface area contributed by atoms with Gasteiger partial charge in [-0.3, -0.25) is 4.79 Å². The molecule has 5 nitrogen and oxygen atoms in total. The van der Waals surface area contributed by atoms with E-state index >= 15 is 0 Å². The van der Waals surface area contributed by atoms with E-state index in [-0.39, 0.29) is 12.4 Å². The van der Waals surface area contributed by atoms with E-state index in [1.807, 2.05) is 24.3 Å². The highest BCUT2D eigenvalue weighted by atomic mass is 16.5. The Bertz CT molecular complexity index is 880. The van der Waals surface area contributed by atoms with Crippen molar-refractivity contribution in [3.63, 3.8) is 0 Å². The summed E-state index contributed by atoms with van der Waals surface area (Å²) in [6.07, 6.45) is 2.89. The van der Waals surface area contributed by atoms with E-state index in [0.717, 1.165) is 5.56 Å². The van der Waals surface area contributed by atoms with Gasteiger partial charge in [-0.05, 0) is 42.3 Å². The van der Waals surface area contributed by atoms with Crippen molar-refractivity contribution >= 4 is 11.9 Å². The van der Waals surface area contributed by atoms with Crippen LogP contribution in [-0.2, 0) is 0 Å². The summed E-state index contributed by atoms with van der Waals surface area (Å²) in [6, 6.07) is 14.8. The second-order valence-electron chi connectivity index (χ2n) is 5.80. The molecule has 0 unspecified atom stereocenters. The fourth-order valence-electron chi connectivity index (χ4n) is 2.71. The molecule has 0 N–H and O–H groups in total. The zero-order valence-corrected chi connectivity index (χ0v) is 14.5. The van der Waals surface area contributed by atoms with Crippen LogP contribution < -0.4 is 14.2 Å². The lowest BCUT2D eigenvalue weighted by Crippen LogP contribution is -2.18. The third kappa shape index (κ3) is 3.86. The number of para-hydroxylation sites is 1. The van der Waals surface area contributed by atoms with Crippen LogP contribution in [0.25, 0.3) is 6.08 Å². The molecular formula is C21H19NO4. The van der Waals surface area contributed by atoms with Gasteiger partial charge >= 0.3 is 0 Å². The molecule has 5 heteroatoms. The van der Waals surface area contributed by atoms with Crippen LogP contribution in [0.4, 0.5) is 0 Å². The monoisotopic (exact) mass is 349 g/mol. The number of rotatable bonds is 6. The van der Waals surface area contributed by atoms with Crippen molar-refractivity contribution in [2.24, 2.45) is 0 Å². The van der Waals surface area contributed by atoms with E-state index in [1.165, 1.54) is 0 Å². The average Bonchev–Trinajstić information content (AvgIpc) is 2.68. The van der Waals surface area contributed by atoms with Gasteiger partial charge in [-0.1, -0.05) is 18.2 Å². The lowest BCUT2D eigenvalue weighted by molar-refractivity contribution is 0.100. The Morgan fingerprint density at radius 2 is 2.08 bits per heavy atom. The second-order valence-corrected chi connectivity index (χ2v) is 5.80. The molecule has 0 spiro atoms. The highest BCUT2D eigenvalue weighted by Gasteiger charge is 2.22. The number of methoxy groups -OCH3 is 1. The summed E-state index contributed by atoms with van der Waals surface area (Å²) in [5.74, 6) is 1.79. The highest BCUT2D eigenvalue weighted by molar-refractivity contribution is 6.14. The Hall–Kier alpha value is -3.26. The Morgan fingerprint density at radius 3 is 2.88 bits per heavy atom. The minimum atomic E-state index is -0.0286. The number of benzene rings is 2. The molecule has 0 bridgehead atoms. The van der Waals surface area contributed by atoms with E-state index in [0.29, 0.717) is 47.8 Å². The largest absolute Gasteiger partial charge is 0.493 e. The van der Waals surface area contributed by atoms with E-state index < -0.39 is 0 Å². The van der Waals surface area contributed by atoms with Crippen LogP contribution in [0.2, 0.25) is 0 Å². The topological polar surface area (TPSA) is 68.6 Å². The Kier molecular flexibility index (Phi) is 5.55. The fourth-order valence-corrected chi connectivity index (χ4v) is 2.71. The van der Waals surface area contributed by atoms with Crippen molar-refractivity contribution in [3.05, 3.63) is 59.2 Å². The lowest BCUT2D eigenvalue weighted by atomic mass is 9.98. The molecule has 2 aromatic rings. The first-order valence-corrected chi connectivity index (χ1v) is 8.38. The lowest BCUT2D eigenvalue weighted by Gasteiger charge is -2.18. The molecule has 0 amide bonds. The number of nitriles is 1. The Balaban J connectivity index is 1.82. The fraction of sp³-hybridized carbons (Fsp3) is 0.238. The predicted octanol–water partition coefficient (Wildman–Crippen LogP) is 4.04. The van der Waals surface area contributed by atoms with Gasteiger partial charge < -0.3 is 14.2 Å². The van der Waals surface area contributed by atoms with E-state index in [2.05, 4.69) is 6.07 Å². The summed E-state index contributed by atoms with van der Waals surface area (Å²) in [6.45, 7) is 0.666. The molecule has 0 saturated carbocycles. The van der Waals surface area contributed by atoms with Crippen molar-refractivity contribution < 1.29 is 19.0 Å². The van der Waals surface area contributed by atoms with Crippen molar-refractivity contribution in [1.82, 2.24) is 0 Å². The first-order chi connectivity index (χ1) is 12.7. The van der Waals surface area contributed by atoms with Crippen LogP contribution in [0.5, 0.6) is 17.2 Å². The number of hydrogen-bond acceptors (Lipinski definition) is 5. The van der Waals surface area contributed by atoms with Crippen molar-refractivity contribution in [3.8, 4) is 23.3 Å². The number of ketones is 1. The van der Waals surface area contributed by atoms with E-state index in [9.17, 15) is 4.79 Å². The summed E-state index contributed by atoms with van der Waals surface area (Å²) in [4.78, 5) is 12.6. The van der Waals surface area contributed by atoms with Gasteiger partial charge in [0.05, 0.1) is 25.3 Å². The number of carbonyl (C=O) groups excluding carboxylic acids is 1. The standard InChI is InChI=1S/C21H19NO4/c1-24-19-9-8-15(13-20(19)25-11-5-4-10-22)12-16-14-26-18-7-3-2-6-17(18)21(16)23/h2-3,6-9,12-13H,4-5,11,14H2,1H3. The molecule has 3 rings (SSSR count). The van der Waals surface area contributed by atoms with Crippen LogP contribution >= 0.6 is 0 Å². The average molecular weight is 349 g/mol. The highest BCUT2D eigenvalue weighted by Crippen LogP contribution is 2.31. The van der Waals surface area contributed by atoms with Gasteiger partial charge in [0.25, 0.3) is 0 Å². The SMILES string of the molecule is COc1ccc(C=C2COc3ccccc3C2=O)cc1OCCCC#N. The molecule has 26 heavy (non-hydrogen) atoms. The van der Waals surface area contributed by atoms with Crippen LogP contribution in [0.1, 0.15) is 28.8 Å². The van der Waals surface area contributed by atoms with Crippen LogP contribution in [0, 0.1) is 11.3 Å². The molecule has 0 radical (unpaired) electrons. The molecule has 1 heterocycles. The van der Waals surface area contributed by atoms with Gasteiger partial charge in [0.1, 0.15) is 12.4 Å². The van der Waals surface area contributed by atoms with Gasteiger partial charge in [0, 0.05) is 12.0 Å². The maximum atomic E-state index is 12.6. The van der Waals surface area contributed by atoms with Gasteiger partial charge in [-0.2, -0.15) is 5.26 Å². The zero-order valence-electron chi connectivity index (χ0n) is 14.5. The first kappa shape index (κ1) is 17.6. The maximum absolute atomic E-state index is 12.6. The first-order valence-electron chi connectivity index (χ1n) is 8.38. The van der Waals surface area contributed by atoms with Crippen LogP contribution in [0.15, 0.2) is 48.0 Å². The molecule has 0 saturated heterocycles. The summed E-state index contributed by atoms with van der Waals surface area (Å²) < 4.78 is 16.7. The normalized spacial score (nSPS) is 14.3. The molecule has 1 aliphatic rings. The van der Waals surface area contributed by atoms with Gasteiger partial charge in [0.2, 0.25) is 0 Å². The Morgan fingerprint density at radius 1 is 1.23 bits per heavy atom. The van der Waals surface area contributed by atoms with Crippen LogP contribution in [-0.4, -0.2) is 26.1 Å². The quantitative estimate of drug-likeness (QED) is 0.582. The molecular weight excluding hydrogens is 330 g/mol. The number of Topliss-reactive ketones (excluding diaryl/α,β-unsaturated/α-hetero) is 1. The molecule has 0 fully saturated rings. The van der Waals surface area contributed by atoms with Crippen molar-refractivity contribution in [2.75, 3.05) is 20.3 Å². The summed E-state index contributed by atoms with van der Waals surface area (Å²) in [7, 11) is 1.57. The van der Waals surface area contributed by atoms with Gasteiger partial charge in [0.15, 0.2) is 17.3 Å². The number of unbranched alkanes of at least 4 members (excludes halogenated alkanes) is 1. The van der Waals surface area contributed by atoms with Crippen molar-refractivity contribution in [1.29, 1.82) is 5.26 Å². The molecule has 2 aromatic carbocycles. The third-order valence-corrected chi connectivity index (χ3v) is 4.03. The number of hydrogen-bond donors (Lipinski definition) is 0.